The van der Waals surface area contributed by atoms with E-state index in [0.29, 0.717) is 16.7 Å². The first kappa shape index (κ1) is 12.9. The van der Waals surface area contributed by atoms with E-state index in [1.807, 2.05) is 0 Å². The van der Waals surface area contributed by atoms with Crippen LogP contribution in [-0.4, -0.2) is 21.6 Å². The van der Waals surface area contributed by atoms with Crippen LogP contribution in [0.3, 0.4) is 0 Å². The molecule has 0 spiro atoms. The zero-order chi connectivity index (χ0) is 14.2. The van der Waals surface area contributed by atoms with Crippen molar-refractivity contribution >= 4 is 22.6 Å². The van der Waals surface area contributed by atoms with E-state index in [4.69, 9.17) is 16.2 Å². The van der Waals surface area contributed by atoms with E-state index in [2.05, 4.69) is 4.98 Å². The van der Waals surface area contributed by atoms with Crippen LogP contribution in [0.5, 0.6) is 5.75 Å². The van der Waals surface area contributed by atoms with E-state index >= 15 is 0 Å². The lowest BCUT2D eigenvalue weighted by molar-refractivity contribution is -0.124. The number of hydrogen-bond acceptors (Lipinski definition) is 5. The van der Waals surface area contributed by atoms with Crippen molar-refractivity contribution in [1.29, 1.82) is 0 Å². The predicted molar refractivity (Wildman–Crippen MR) is 70.7 cm³/mol. The quantitative estimate of drug-likeness (QED) is 0.793. The fourth-order valence-electron chi connectivity index (χ4n) is 1.68. The number of carbonyl (C=O) groups is 1. The number of aromatic nitrogens is 2. The number of nitrogen functional groups attached to an aromatic ring is 1. The lowest BCUT2D eigenvalue weighted by Gasteiger charge is -2.13. The monoisotopic (exact) mass is 262 g/mol. The van der Waals surface area contributed by atoms with Crippen molar-refractivity contribution in [3.63, 3.8) is 0 Å². The molecule has 7 nitrogen and oxygen atoms in total. The van der Waals surface area contributed by atoms with E-state index in [0.717, 1.165) is 0 Å². The summed E-state index contributed by atoms with van der Waals surface area (Å²) in [7, 11) is 1.57. The minimum Gasteiger partial charge on any atom is -0.475 e. The number of nitrogens with two attached hydrogens (primary N) is 2. The van der Waals surface area contributed by atoms with E-state index in [1.54, 1.807) is 13.1 Å². The molecule has 2 heterocycles. The second-order valence-electron chi connectivity index (χ2n) is 4.22. The highest BCUT2D eigenvalue weighted by Crippen LogP contribution is 2.17. The Hall–Kier alpha value is -2.57. The van der Waals surface area contributed by atoms with Gasteiger partial charge in [0.05, 0.1) is 11.9 Å². The zero-order valence-corrected chi connectivity index (χ0v) is 10.6. The molecule has 19 heavy (non-hydrogen) atoms. The second-order valence-corrected chi connectivity index (χ2v) is 4.22. The van der Waals surface area contributed by atoms with E-state index in [1.165, 1.54) is 23.8 Å². The van der Waals surface area contributed by atoms with Gasteiger partial charge in [0.1, 0.15) is 5.65 Å². The predicted octanol–water partition coefficient (Wildman–Crippen LogP) is -0.232. The Kier molecular flexibility index (Phi) is 3.12. The van der Waals surface area contributed by atoms with Gasteiger partial charge in [-0.3, -0.25) is 14.2 Å². The molecular formula is C12H14N4O3. The highest BCUT2D eigenvalue weighted by molar-refractivity contribution is 5.80. The summed E-state index contributed by atoms with van der Waals surface area (Å²) in [6.07, 6.45) is 0.577. The average molecular weight is 262 g/mol. The van der Waals surface area contributed by atoms with Crippen molar-refractivity contribution in [2.75, 3.05) is 5.73 Å². The first-order chi connectivity index (χ1) is 8.90. The molecule has 0 saturated carbocycles. The molecule has 100 valence electrons. The van der Waals surface area contributed by atoms with Gasteiger partial charge in [0.2, 0.25) is 0 Å². The van der Waals surface area contributed by atoms with Crippen molar-refractivity contribution < 1.29 is 9.53 Å². The molecule has 2 rings (SSSR count). The average Bonchev–Trinajstić information content (AvgIpc) is 2.35. The summed E-state index contributed by atoms with van der Waals surface area (Å²) >= 11 is 0. The van der Waals surface area contributed by atoms with Crippen molar-refractivity contribution in [2.24, 2.45) is 12.8 Å². The molecule has 0 aliphatic rings. The molecule has 1 unspecified atom stereocenters. The number of rotatable bonds is 3. The van der Waals surface area contributed by atoms with Crippen LogP contribution in [0.4, 0.5) is 5.69 Å². The van der Waals surface area contributed by atoms with Crippen molar-refractivity contribution in [2.45, 2.75) is 13.0 Å². The Morgan fingerprint density at radius 1 is 1.47 bits per heavy atom. The number of carbonyl (C=O) groups excluding carboxylic acids is 1. The molecule has 1 atom stereocenters. The van der Waals surface area contributed by atoms with E-state index < -0.39 is 17.6 Å². The standard InChI is InChI=1S/C12H14N4O3/c1-6(10(14)17)19-9-4-7-3-8(13)5-15-11(7)16(2)12(9)18/h3-6H,13H2,1-2H3,(H2,14,17). The molecule has 7 heteroatoms. The number of aryl methyl sites for hydroxylation is 1. The summed E-state index contributed by atoms with van der Waals surface area (Å²) in [5.41, 5.74) is 11.3. The van der Waals surface area contributed by atoms with Crippen LogP contribution < -0.4 is 21.8 Å². The van der Waals surface area contributed by atoms with E-state index in [9.17, 15) is 9.59 Å². The molecule has 0 saturated heterocycles. The summed E-state index contributed by atoms with van der Waals surface area (Å²) in [6, 6.07) is 3.17. The minimum absolute atomic E-state index is 0.0358. The van der Waals surface area contributed by atoms with Crippen LogP contribution in [0, 0.1) is 0 Å². The number of nitrogens with zero attached hydrogens (tertiary/aromatic N) is 2. The maximum Gasteiger partial charge on any atom is 0.294 e. The highest BCUT2D eigenvalue weighted by Gasteiger charge is 2.15. The summed E-state index contributed by atoms with van der Waals surface area (Å²) in [6.45, 7) is 1.48. The number of amides is 1. The van der Waals surface area contributed by atoms with Gasteiger partial charge in [-0.2, -0.15) is 0 Å². The summed E-state index contributed by atoms with van der Waals surface area (Å²) in [4.78, 5) is 27.1. The van der Waals surface area contributed by atoms with Crippen LogP contribution in [-0.2, 0) is 11.8 Å². The van der Waals surface area contributed by atoms with Crippen molar-refractivity contribution in [3.05, 3.63) is 28.7 Å². The molecule has 0 bridgehead atoms. The van der Waals surface area contributed by atoms with Crippen LogP contribution in [0.2, 0.25) is 0 Å². The van der Waals surface area contributed by atoms with Crippen LogP contribution in [0.25, 0.3) is 11.0 Å². The molecule has 0 aliphatic heterocycles. The minimum atomic E-state index is -0.890. The number of fused-ring (bicyclic) bond motifs is 1. The number of pyridine rings is 2. The molecule has 4 N–H and O–H groups in total. The Labute approximate surface area is 108 Å². The van der Waals surface area contributed by atoms with Gasteiger partial charge >= 0.3 is 0 Å². The largest absolute Gasteiger partial charge is 0.475 e. The summed E-state index contributed by atoms with van der Waals surface area (Å²) in [5.74, 6) is -0.610. The van der Waals surface area contributed by atoms with Gasteiger partial charge in [-0.1, -0.05) is 0 Å². The fourth-order valence-corrected chi connectivity index (χ4v) is 1.68. The number of anilines is 1. The third-order valence-corrected chi connectivity index (χ3v) is 2.74. The Morgan fingerprint density at radius 2 is 2.16 bits per heavy atom. The van der Waals surface area contributed by atoms with Crippen LogP contribution >= 0.6 is 0 Å². The topological polar surface area (TPSA) is 113 Å². The molecule has 2 aromatic rings. The van der Waals surface area contributed by atoms with Crippen LogP contribution in [0.1, 0.15) is 6.92 Å². The molecule has 0 aromatic carbocycles. The first-order valence-corrected chi connectivity index (χ1v) is 5.61. The van der Waals surface area contributed by atoms with E-state index in [-0.39, 0.29) is 5.75 Å². The smallest absolute Gasteiger partial charge is 0.294 e. The molecule has 1 amide bonds. The fraction of sp³-hybridized carbons (Fsp3) is 0.250. The first-order valence-electron chi connectivity index (χ1n) is 5.61. The zero-order valence-electron chi connectivity index (χ0n) is 10.6. The van der Waals surface area contributed by atoms with Crippen LogP contribution in [0.15, 0.2) is 23.1 Å². The molecule has 0 radical (unpaired) electrons. The van der Waals surface area contributed by atoms with Gasteiger partial charge in [-0.25, -0.2) is 4.98 Å². The van der Waals surface area contributed by atoms with Gasteiger partial charge in [0.15, 0.2) is 11.9 Å². The maximum absolute atomic E-state index is 12.0. The van der Waals surface area contributed by atoms with Gasteiger partial charge in [0.25, 0.3) is 11.5 Å². The Balaban J connectivity index is 2.59. The molecule has 2 aromatic heterocycles. The van der Waals surface area contributed by atoms with Gasteiger partial charge in [-0.05, 0) is 19.1 Å². The van der Waals surface area contributed by atoms with Gasteiger partial charge < -0.3 is 16.2 Å². The third-order valence-electron chi connectivity index (χ3n) is 2.74. The summed E-state index contributed by atoms with van der Waals surface area (Å²) < 4.78 is 6.59. The SMILES string of the molecule is CC(Oc1cc2cc(N)cnc2n(C)c1=O)C(N)=O. The maximum atomic E-state index is 12.0. The highest BCUT2D eigenvalue weighted by atomic mass is 16.5. The lowest BCUT2D eigenvalue weighted by Crippen LogP contribution is -2.33. The van der Waals surface area contributed by atoms with Gasteiger partial charge in [0, 0.05) is 12.4 Å². The lowest BCUT2D eigenvalue weighted by atomic mass is 10.2. The normalized spacial score (nSPS) is 12.3. The molecule has 0 aliphatic carbocycles. The van der Waals surface area contributed by atoms with Crippen molar-refractivity contribution in [1.82, 2.24) is 9.55 Å². The third kappa shape index (κ3) is 2.35. The Bertz CT molecular complexity index is 708. The number of primary amides is 1. The number of ether oxygens (including phenoxy) is 1. The Morgan fingerprint density at radius 3 is 2.79 bits per heavy atom. The molecule has 0 fully saturated rings. The molecular weight excluding hydrogens is 248 g/mol. The second kappa shape index (κ2) is 4.60. The van der Waals surface area contributed by atoms with Crippen molar-refractivity contribution in [3.8, 4) is 5.75 Å². The number of hydrogen-bond donors (Lipinski definition) is 2. The van der Waals surface area contributed by atoms with Gasteiger partial charge in [-0.15, -0.1) is 0 Å². The summed E-state index contributed by atoms with van der Waals surface area (Å²) in [5, 5.41) is 0.647.